The Bertz CT molecular complexity index is 1090. The van der Waals surface area contributed by atoms with Gasteiger partial charge >= 0.3 is 0 Å². The summed E-state index contributed by atoms with van der Waals surface area (Å²) in [4.78, 5) is 24.1. The standard InChI is InChI=1S/C24H28N2O5/c1-5-25-23(28)14-30-20-9-7-17(10-21(20)29-4)12-26-22(27)11-18-13-31-24-16(3)15(2)6-8-19(18)24/h6-10,13H,5,11-12,14H2,1-4H3,(H,25,28)(H,26,27). The monoisotopic (exact) mass is 424 g/mol. The SMILES string of the molecule is CCNC(=O)COc1ccc(CNC(=O)Cc2coc3c(C)c(C)ccc23)cc1OC. The molecule has 0 aliphatic rings. The number of methoxy groups -OCH3 is 1. The van der Waals surface area contributed by atoms with Crippen LogP contribution in [0.25, 0.3) is 11.0 Å². The Kier molecular flexibility index (Phi) is 7.18. The molecule has 3 aromatic rings. The molecule has 31 heavy (non-hydrogen) atoms. The molecule has 0 bridgehead atoms. The molecular formula is C24H28N2O5. The molecule has 0 atom stereocenters. The number of carbonyl (C=O) groups excluding carboxylic acids is 2. The van der Waals surface area contributed by atoms with E-state index in [2.05, 4.69) is 10.6 Å². The fourth-order valence-electron chi connectivity index (χ4n) is 3.29. The van der Waals surface area contributed by atoms with E-state index in [4.69, 9.17) is 13.9 Å². The minimum absolute atomic E-state index is 0.0854. The molecule has 1 aromatic heterocycles. The van der Waals surface area contributed by atoms with Gasteiger partial charge in [-0.05, 0) is 49.6 Å². The van der Waals surface area contributed by atoms with Crippen molar-refractivity contribution < 1.29 is 23.5 Å². The van der Waals surface area contributed by atoms with Crippen molar-refractivity contribution in [2.24, 2.45) is 0 Å². The van der Waals surface area contributed by atoms with Crippen LogP contribution in [-0.4, -0.2) is 32.1 Å². The number of aryl methyl sites for hydroxylation is 2. The van der Waals surface area contributed by atoms with Crippen molar-refractivity contribution in [3.8, 4) is 11.5 Å². The van der Waals surface area contributed by atoms with E-state index in [0.29, 0.717) is 24.6 Å². The summed E-state index contributed by atoms with van der Waals surface area (Å²) < 4.78 is 16.6. The van der Waals surface area contributed by atoms with Crippen LogP contribution in [-0.2, 0) is 22.6 Å². The van der Waals surface area contributed by atoms with Gasteiger partial charge in [-0.25, -0.2) is 0 Å². The Labute approximate surface area is 181 Å². The first-order chi connectivity index (χ1) is 14.9. The Balaban J connectivity index is 1.60. The number of furan rings is 1. The molecule has 2 amide bonds. The molecule has 2 aromatic carbocycles. The second-order valence-corrected chi connectivity index (χ2v) is 7.33. The topological polar surface area (TPSA) is 89.8 Å². The number of rotatable bonds is 9. The average Bonchev–Trinajstić information content (AvgIpc) is 3.17. The third kappa shape index (κ3) is 5.36. The first-order valence-electron chi connectivity index (χ1n) is 10.2. The Morgan fingerprint density at radius 3 is 2.58 bits per heavy atom. The van der Waals surface area contributed by atoms with Crippen molar-refractivity contribution >= 4 is 22.8 Å². The molecule has 3 rings (SSSR count). The Morgan fingerprint density at radius 1 is 1.03 bits per heavy atom. The average molecular weight is 424 g/mol. The lowest BCUT2D eigenvalue weighted by molar-refractivity contribution is -0.123. The quantitative estimate of drug-likeness (QED) is 0.549. The largest absolute Gasteiger partial charge is 0.493 e. The van der Waals surface area contributed by atoms with E-state index >= 15 is 0 Å². The minimum Gasteiger partial charge on any atom is -0.493 e. The Hall–Kier alpha value is -3.48. The molecule has 7 nitrogen and oxygen atoms in total. The first-order valence-corrected chi connectivity index (χ1v) is 10.2. The van der Waals surface area contributed by atoms with Crippen LogP contribution in [0.15, 0.2) is 41.0 Å². The molecule has 0 spiro atoms. The van der Waals surface area contributed by atoms with E-state index in [1.54, 1.807) is 18.4 Å². The molecule has 0 unspecified atom stereocenters. The fraction of sp³-hybridized carbons (Fsp3) is 0.333. The van der Waals surface area contributed by atoms with Crippen LogP contribution in [0.5, 0.6) is 11.5 Å². The summed E-state index contributed by atoms with van der Waals surface area (Å²) in [6.45, 7) is 6.71. The summed E-state index contributed by atoms with van der Waals surface area (Å²) in [5.41, 5.74) is 4.80. The van der Waals surface area contributed by atoms with Gasteiger partial charge in [0.05, 0.1) is 19.8 Å². The van der Waals surface area contributed by atoms with E-state index in [9.17, 15) is 9.59 Å². The molecule has 0 aliphatic carbocycles. The van der Waals surface area contributed by atoms with Crippen molar-refractivity contribution in [2.45, 2.75) is 33.7 Å². The number of likely N-dealkylation sites (N-methyl/N-ethyl adjacent to an activating group) is 1. The van der Waals surface area contributed by atoms with Crippen molar-refractivity contribution in [3.63, 3.8) is 0 Å². The van der Waals surface area contributed by atoms with Crippen LogP contribution in [0.2, 0.25) is 0 Å². The number of benzene rings is 2. The van der Waals surface area contributed by atoms with Gasteiger partial charge in [-0.2, -0.15) is 0 Å². The van der Waals surface area contributed by atoms with Crippen molar-refractivity contribution in [1.82, 2.24) is 10.6 Å². The van der Waals surface area contributed by atoms with Gasteiger partial charge in [0.15, 0.2) is 18.1 Å². The zero-order valence-electron chi connectivity index (χ0n) is 18.3. The highest BCUT2D eigenvalue weighted by atomic mass is 16.5. The lowest BCUT2D eigenvalue weighted by Crippen LogP contribution is -2.28. The van der Waals surface area contributed by atoms with Gasteiger partial charge in [0.25, 0.3) is 5.91 Å². The fourth-order valence-corrected chi connectivity index (χ4v) is 3.29. The van der Waals surface area contributed by atoms with Gasteiger partial charge in [-0.1, -0.05) is 18.2 Å². The van der Waals surface area contributed by atoms with Crippen LogP contribution >= 0.6 is 0 Å². The summed E-state index contributed by atoms with van der Waals surface area (Å²) in [6.07, 6.45) is 1.89. The van der Waals surface area contributed by atoms with E-state index < -0.39 is 0 Å². The smallest absolute Gasteiger partial charge is 0.257 e. The maximum atomic E-state index is 12.5. The highest BCUT2D eigenvalue weighted by Gasteiger charge is 2.13. The van der Waals surface area contributed by atoms with Gasteiger partial charge in [0, 0.05) is 24.0 Å². The molecule has 0 aliphatic heterocycles. The molecule has 164 valence electrons. The van der Waals surface area contributed by atoms with Crippen molar-refractivity contribution in [2.75, 3.05) is 20.3 Å². The molecule has 0 saturated carbocycles. The number of ether oxygens (including phenoxy) is 2. The van der Waals surface area contributed by atoms with Crippen LogP contribution in [0.4, 0.5) is 0 Å². The molecule has 0 fully saturated rings. The molecule has 0 saturated heterocycles. The number of carbonyl (C=O) groups is 2. The van der Waals surface area contributed by atoms with E-state index in [-0.39, 0.29) is 24.8 Å². The summed E-state index contributed by atoms with van der Waals surface area (Å²) in [5, 5.41) is 6.56. The van der Waals surface area contributed by atoms with Crippen LogP contribution in [0.1, 0.15) is 29.2 Å². The highest BCUT2D eigenvalue weighted by Crippen LogP contribution is 2.28. The van der Waals surface area contributed by atoms with Gasteiger partial charge < -0.3 is 24.5 Å². The number of amides is 2. The van der Waals surface area contributed by atoms with E-state index in [1.165, 1.54) is 7.11 Å². The molecular weight excluding hydrogens is 396 g/mol. The van der Waals surface area contributed by atoms with Crippen LogP contribution < -0.4 is 20.1 Å². The number of nitrogens with one attached hydrogen (secondary N) is 2. The first kappa shape index (κ1) is 22.2. The van der Waals surface area contributed by atoms with Crippen LogP contribution in [0, 0.1) is 13.8 Å². The molecule has 7 heteroatoms. The number of fused-ring (bicyclic) bond motifs is 1. The second kappa shape index (κ2) is 10.0. The van der Waals surface area contributed by atoms with Crippen LogP contribution in [0.3, 0.4) is 0 Å². The third-order valence-corrected chi connectivity index (χ3v) is 5.14. The van der Waals surface area contributed by atoms with E-state index in [1.807, 2.05) is 39.0 Å². The maximum Gasteiger partial charge on any atom is 0.257 e. The summed E-state index contributed by atoms with van der Waals surface area (Å²) in [6, 6.07) is 9.38. The lowest BCUT2D eigenvalue weighted by atomic mass is 10.0. The van der Waals surface area contributed by atoms with Gasteiger partial charge in [-0.3, -0.25) is 9.59 Å². The number of hydrogen-bond acceptors (Lipinski definition) is 5. The predicted molar refractivity (Wildman–Crippen MR) is 118 cm³/mol. The highest BCUT2D eigenvalue weighted by molar-refractivity contribution is 5.89. The summed E-state index contributed by atoms with van der Waals surface area (Å²) >= 11 is 0. The van der Waals surface area contributed by atoms with Gasteiger partial charge in [0.2, 0.25) is 5.91 Å². The van der Waals surface area contributed by atoms with E-state index in [0.717, 1.165) is 33.2 Å². The second-order valence-electron chi connectivity index (χ2n) is 7.33. The van der Waals surface area contributed by atoms with Crippen molar-refractivity contribution in [3.05, 3.63) is 58.8 Å². The van der Waals surface area contributed by atoms with Gasteiger partial charge in [-0.15, -0.1) is 0 Å². The molecule has 0 radical (unpaired) electrons. The summed E-state index contributed by atoms with van der Waals surface area (Å²) in [7, 11) is 1.53. The molecule has 1 heterocycles. The third-order valence-electron chi connectivity index (χ3n) is 5.14. The zero-order valence-corrected chi connectivity index (χ0v) is 18.3. The normalized spacial score (nSPS) is 10.7. The minimum atomic E-state index is -0.196. The predicted octanol–water partition coefficient (Wildman–Crippen LogP) is 3.43. The lowest BCUT2D eigenvalue weighted by Gasteiger charge is -2.12. The number of hydrogen-bond donors (Lipinski definition) is 2. The van der Waals surface area contributed by atoms with Crippen molar-refractivity contribution in [1.29, 1.82) is 0 Å². The maximum absolute atomic E-state index is 12.5. The molecule has 2 N–H and O–H groups in total. The van der Waals surface area contributed by atoms with Gasteiger partial charge in [0.1, 0.15) is 5.58 Å². The zero-order chi connectivity index (χ0) is 22.4. The summed E-state index contributed by atoms with van der Waals surface area (Å²) in [5.74, 6) is 0.677. The Morgan fingerprint density at radius 2 is 1.84 bits per heavy atom.